The van der Waals surface area contributed by atoms with Gasteiger partial charge in [-0.05, 0) is 82.9 Å². The summed E-state index contributed by atoms with van der Waals surface area (Å²) in [5.41, 5.74) is 2.56. The molecular formula is C20H32N2O3. The topological polar surface area (TPSA) is 53.0 Å². The molecule has 0 amide bonds. The molecular weight excluding hydrogens is 316 g/mol. The summed E-state index contributed by atoms with van der Waals surface area (Å²) < 4.78 is 5.87. The van der Waals surface area contributed by atoms with E-state index in [1.54, 1.807) is 0 Å². The maximum absolute atomic E-state index is 10.9. The lowest BCUT2D eigenvalue weighted by atomic mass is 10.1. The lowest BCUT2D eigenvalue weighted by molar-refractivity contribution is -0.138. The largest absolute Gasteiger partial charge is 0.494 e. The first kappa shape index (κ1) is 19.7. The van der Waals surface area contributed by atoms with Crippen molar-refractivity contribution < 1.29 is 14.6 Å². The Bertz CT molecular complexity index is 562. The molecule has 0 aliphatic carbocycles. The van der Waals surface area contributed by atoms with Crippen LogP contribution in [-0.2, 0) is 4.79 Å². The molecule has 1 atom stereocenters. The molecule has 5 nitrogen and oxygen atoms in total. The van der Waals surface area contributed by atoms with Crippen LogP contribution in [0.5, 0.6) is 5.75 Å². The predicted molar refractivity (Wildman–Crippen MR) is 100 cm³/mol. The van der Waals surface area contributed by atoms with Gasteiger partial charge in [-0.2, -0.15) is 0 Å². The Balaban J connectivity index is 1.67. The molecule has 1 aliphatic rings. The van der Waals surface area contributed by atoms with Crippen molar-refractivity contribution in [2.45, 2.75) is 45.6 Å². The van der Waals surface area contributed by atoms with Gasteiger partial charge in [0.2, 0.25) is 0 Å². The van der Waals surface area contributed by atoms with Gasteiger partial charge >= 0.3 is 5.97 Å². The second-order valence-electron chi connectivity index (χ2n) is 7.18. The van der Waals surface area contributed by atoms with E-state index >= 15 is 0 Å². The van der Waals surface area contributed by atoms with Crippen LogP contribution in [0.25, 0.3) is 0 Å². The molecule has 5 heteroatoms. The fraction of sp³-hybridized carbons (Fsp3) is 0.650. The lowest BCUT2D eigenvalue weighted by Gasteiger charge is -2.25. The molecule has 1 aromatic rings. The Kier molecular flexibility index (Phi) is 7.72. The van der Waals surface area contributed by atoms with Gasteiger partial charge in [-0.25, -0.2) is 0 Å². The average Bonchev–Trinajstić information content (AvgIpc) is 2.80. The highest BCUT2D eigenvalue weighted by Crippen LogP contribution is 2.18. The number of carboxylic acids is 1. The Morgan fingerprint density at radius 3 is 2.80 bits per heavy atom. The van der Waals surface area contributed by atoms with Crippen LogP contribution >= 0.6 is 0 Å². The predicted octanol–water partition coefficient (Wildman–Crippen LogP) is 2.94. The summed E-state index contributed by atoms with van der Waals surface area (Å²) in [4.78, 5) is 15.3. The standard InChI is InChI=1S/C20H32N2O3/c1-16-7-8-19(14-17(16)2)25-13-5-11-22-10-4-6-18(9-12-22)21(3)15-20(23)24/h7-8,14,18H,4-6,9-13,15H2,1-3H3,(H,23,24)/t18-/m0/s1. The summed E-state index contributed by atoms with van der Waals surface area (Å²) in [6, 6.07) is 6.63. The zero-order valence-electron chi connectivity index (χ0n) is 15.8. The van der Waals surface area contributed by atoms with Crippen LogP contribution in [0.1, 0.15) is 36.8 Å². The average molecular weight is 348 g/mol. The fourth-order valence-electron chi connectivity index (χ4n) is 3.43. The maximum atomic E-state index is 10.9. The number of carbonyl (C=O) groups is 1. The van der Waals surface area contributed by atoms with Crippen LogP contribution in [0, 0.1) is 13.8 Å². The molecule has 1 heterocycles. The zero-order chi connectivity index (χ0) is 18.2. The summed E-state index contributed by atoms with van der Waals surface area (Å²) in [7, 11) is 1.92. The molecule has 1 aromatic carbocycles. The van der Waals surface area contributed by atoms with Gasteiger partial charge in [-0.1, -0.05) is 6.07 Å². The van der Waals surface area contributed by atoms with E-state index in [2.05, 4.69) is 30.9 Å². The highest BCUT2D eigenvalue weighted by atomic mass is 16.5. The second kappa shape index (κ2) is 9.78. The molecule has 0 unspecified atom stereocenters. The van der Waals surface area contributed by atoms with Crippen LogP contribution < -0.4 is 4.74 Å². The SMILES string of the molecule is Cc1ccc(OCCCN2CCC[C@H](N(C)CC(=O)O)CC2)cc1C. The van der Waals surface area contributed by atoms with Crippen molar-refractivity contribution in [1.82, 2.24) is 9.80 Å². The first-order chi connectivity index (χ1) is 12.0. The minimum absolute atomic E-state index is 0.133. The number of nitrogens with zero attached hydrogens (tertiary/aromatic N) is 2. The van der Waals surface area contributed by atoms with Gasteiger partial charge in [-0.15, -0.1) is 0 Å². The minimum atomic E-state index is -0.743. The number of hydrogen-bond acceptors (Lipinski definition) is 4. The van der Waals surface area contributed by atoms with E-state index in [0.717, 1.165) is 57.7 Å². The number of benzene rings is 1. The summed E-state index contributed by atoms with van der Waals surface area (Å²) in [5, 5.41) is 8.94. The number of rotatable bonds is 8. The van der Waals surface area contributed by atoms with E-state index in [-0.39, 0.29) is 6.54 Å². The van der Waals surface area contributed by atoms with Crippen molar-refractivity contribution in [3.8, 4) is 5.75 Å². The van der Waals surface area contributed by atoms with E-state index in [1.807, 2.05) is 18.0 Å². The third-order valence-corrected chi connectivity index (χ3v) is 5.16. The molecule has 0 bridgehead atoms. The van der Waals surface area contributed by atoms with Crippen LogP contribution in [0.2, 0.25) is 0 Å². The van der Waals surface area contributed by atoms with Gasteiger partial charge in [0.1, 0.15) is 5.75 Å². The zero-order valence-corrected chi connectivity index (χ0v) is 15.8. The molecule has 1 fully saturated rings. The van der Waals surface area contributed by atoms with Crippen molar-refractivity contribution in [1.29, 1.82) is 0 Å². The van der Waals surface area contributed by atoms with Crippen molar-refractivity contribution in [3.63, 3.8) is 0 Å². The molecule has 0 saturated carbocycles. The van der Waals surface area contributed by atoms with E-state index in [0.29, 0.717) is 6.04 Å². The summed E-state index contributed by atoms with van der Waals surface area (Å²) >= 11 is 0. The molecule has 1 saturated heterocycles. The molecule has 0 aromatic heterocycles. The maximum Gasteiger partial charge on any atom is 0.317 e. The quantitative estimate of drug-likeness (QED) is 0.732. The third-order valence-electron chi connectivity index (χ3n) is 5.16. The monoisotopic (exact) mass is 348 g/mol. The molecule has 1 N–H and O–H groups in total. The normalized spacial score (nSPS) is 19.0. The Morgan fingerprint density at radius 1 is 1.28 bits per heavy atom. The fourth-order valence-corrected chi connectivity index (χ4v) is 3.43. The van der Waals surface area contributed by atoms with Gasteiger partial charge in [-0.3, -0.25) is 9.69 Å². The number of hydrogen-bond donors (Lipinski definition) is 1. The minimum Gasteiger partial charge on any atom is -0.494 e. The highest BCUT2D eigenvalue weighted by Gasteiger charge is 2.21. The first-order valence-corrected chi connectivity index (χ1v) is 9.30. The van der Waals surface area contributed by atoms with Crippen molar-refractivity contribution in [2.24, 2.45) is 0 Å². The molecule has 2 rings (SSSR count). The highest BCUT2D eigenvalue weighted by molar-refractivity contribution is 5.69. The van der Waals surface area contributed by atoms with Gasteiger partial charge < -0.3 is 14.7 Å². The van der Waals surface area contributed by atoms with E-state index in [9.17, 15) is 4.79 Å². The van der Waals surface area contributed by atoms with Gasteiger partial charge in [0.25, 0.3) is 0 Å². The number of likely N-dealkylation sites (N-methyl/N-ethyl adjacent to an activating group) is 1. The first-order valence-electron chi connectivity index (χ1n) is 9.30. The third kappa shape index (κ3) is 6.67. The summed E-state index contributed by atoms with van der Waals surface area (Å²) in [6.07, 6.45) is 4.27. The number of aliphatic carboxylic acids is 1. The smallest absolute Gasteiger partial charge is 0.317 e. The summed E-state index contributed by atoms with van der Waals surface area (Å²) in [5.74, 6) is 0.210. The van der Waals surface area contributed by atoms with E-state index in [4.69, 9.17) is 9.84 Å². The van der Waals surface area contributed by atoms with E-state index < -0.39 is 5.97 Å². The second-order valence-corrected chi connectivity index (χ2v) is 7.18. The van der Waals surface area contributed by atoms with Gasteiger partial charge in [0, 0.05) is 12.6 Å². The Hall–Kier alpha value is -1.59. The Labute approximate surface area is 151 Å². The number of ether oxygens (including phenoxy) is 1. The lowest BCUT2D eigenvalue weighted by Crippen LogP contribution is -2.36. The Morgan fingerprint density at radius 2 is 2.08 bits per heavy atom. The van der Waals surface area contributed by atoms with Crippen molar-refractivity contribution >= 4 is 5.97 Å². The van der Waals surface area contributed by atoms with Crippen LogP contribution in [-0.4, -0.2) is 66.8 Å². The number of carboxylic acid groups (broad SMARTS) is 1. The molecule has 140 valence electrons. The summed E-state index contributed by atoms with van der Waals surface area (Å²) in [6.45, 7) is 8.27. The molecule has 0 radical (unpaired) electrons. The number of aryl methyl sites for hydroxylation is 2. The van der Waals surface area contributed by atoms with E-state index in [1.165, 1.54) is 11.1 Å². The van der Waals surface area contributed by atoms with Gasteiger partial charge in [0.15, 0.2) is 0 Å². The van der Waals surface area contributed by atoms with Crippen LogP contribution in [0.15, 0.2) is 18.2 Å². The molecule has 0 spiro atoms. The van der Waals surface area contributed by atoms with Crippen LogP contribution in [0.4, 0.5) is 0 Å². The number of likely N-dealkylation sites (tertiary alicyclic amines) is 1. The molecule has 1 aliphatic heterocycles. The van der Waals surface area contributed by atoms with Crippen molar-refractivity contribution in [3.05, 3.63) is 29.3 Å². The van der Waals surface area contributed by atoms with Crippen LogP contribution in [0.3, 0.4) is 0 Å². The van der Waals surface area contributed by atoms with Crippen molar-refractivity contribution in [2.75, 3.05) is 39.8 Å². The van der Waals surface area contributed by atoms with Gasteiger partial charge in [0.05, 0.1) is 13.2 Å². The molecule has 25 heavy (non-hydrogen) atoms.